The van der Waals surface area contributed by atoms with E-state index in [1.54, 1.807) is 0 Å². The predicted molar refractivity (Wildman–Crippen MR) is 239 cm³/mol. The summed E-state index contributed by atoms with van der Waals surface area (Å²) in [4.78, 5) is 10.1. The number of furan rings is 1. The SMILES string of the molecule is c1ccc(-c2ccccc2-c2ccc3c4ccccc4c4ccccc4c3c2)c(-c2cc(-c3ccc4ccc5cccnc5c4n3)c3c(c2)oc2ccccc23)c1. The van der Waals surface area contributed by atoms with Crippen LogP contribution in [-0.2, 0) is 0 Å². The molecule has 0 spiro atoms. The molecule has 0 aliphatic heterocycles. The van der Waals surface area contributed by atoms with Crippen molar-refractivity contribution in [1.82, 2.24) is 9.97 Å². The number of rotatable bonds is 4. The van der Waals surface area contributed by atoms with Crippen LogP contribution in [0.5, 0.6) is 0 Å². The number of para-hydroxylation sites is 1. The van der Waals surface area contributed by atoms with Gasteiger partial charge in [0.05, 0.1) is 16.7 Å². The highest BCUT2D eigenvalue weighted by molar-refractivity contribution is 6.26. The molecule has 0 amide bonds. The minimum atomic E-state index is 0.832. The molecule has 3 nitrogen and oxygen atoms in total. The summed E-state index contributed by atoms with van der Waals surface area (Å²) in [5, 5.41) is 11.9. The van der Waals surface area contributed by atoms with Crippen LogP contribution in [0.15, 0.2) is 199 Å². The van der Waals surface area contributed by atoms with Gasteiger partial charge in [0.15, 0.2) is 0 Å². The molecule has 0 saturated carbocycles. The first kappa shape index (κ1) is 31.7. The van der Waals surface area contributed by atoms with Crippen molar-refractivity contribution in [2.75, 3.05) is 0 Å². The first-order valence-corrected chi connectivity index (χ1v) is 19.4. The molecule has 3 heteroatoms. The molecule has 3 aromatic heterocycles. The first-order valence-electron chi connectivity index (χ1n) is 19.4. The average molecular weight is 725 g/mol. The molecule has 0 aliphatic carbocycles. The van der Waals surface area contributed by atoms with Crippen molar-refractivity contribution in [3.63, 3.8) is 0 Å². The molecular weight excluding hydrogens is 693 g/mol. The number of fused-ring (bicyclic) bond motifs is 12. The van der Waals surface area contributed by atoms with E-state index in [-0.39, 0.29) is 0 Å². The Labute approximate surface area is 328 Å². The Morgan fingerprint density at radius 3 is 1.61 bits per heavy atom. The fourth-order valence-corrected chi connectivity index (χ4v) is 9.10. The van der Waals surface area contributed by atoms with Crippen molar-refractivity contribution in [2.24, 2.45) is 0 Å². The van der Waals surface area contributed by atoms with Gasteiger partial charge in [0.1, 0.15) is 11.2 Å². The molecule has 9 aromatic carbocycles. The molecule has 3 heterocycles. The molecule has 264 valence electrons. The lowest BCUT2D eigenvalue weighted by Gasteiger charge is -2.17. The lowest BCUT2D eigenvalue weighted by molar-refractivity contribution is 0.669. The molecule has 0 radical (unpaired) electrons. The van der Waals surface area contributed by atoms with E-state index in [4.69, 9.17) is 14.4 Å². The van der Waals surface area contributed by atoms with Crippen LogP contribution in [0.1, 0.15) is 0 Å². The van der Waals surface area contributed by atoms with Crippen LogP contribution >= 0.6 is 0 Å². The van der Waals surface area contributed by atoms with E-state index in [9.17, 15) is 0 Å². The summed E-state index contributed by atoms with van der Waals surface area (Å²) in [5.41, 5.74) is 12.3. The summed E-state index contributed by atoms with van der Waals surface area (Å²) in [6, 6.07) is 67.4. The maximum absolute atomic E-state index is 6.64. The summed E-state index contributed by atoms with van der Waals surface area (Å²) in [5.74, 6) is 0. The monoisotopic (exact) mass is 724 g/mol. The summed E-state index contributed by atoms with van der Waals surface area (Å²) >= 11 is 0. The molecule has 0 N–H and O–H groups in total. The van der Waals surface area contributed by atoms with Crippen LogP contribution in [0.4, 0.5) is 0 Å². The number of aromatic nitrogens is 2. The molecule has 0 aliphatic rings. The van der Waals surface area contributed by atoms with Gasteiger partial charge in [-0.05, 0) is 102 Å². The highest BCUT2D eigenvalue weighted by atomic mass is 16.3. The molecule has 12 aromatic rings. The lowest BCUT2D eigenvalue weighted by atomic mass is 9.87. The van der Waals surface area contributed by atoms with Crippen molar-refractivity contribution in [3.05, 3.63) is 194 Å². The molecular formula is C54H32N2O. The normalized spacial score (nSPS) is 11.9. The lowest BCUT2D eigenvalue weighted by Crippen LogP contribution is -1.92. The van der Waals surface area contributed by atoms with Gasteiger partial charge < -0.3 is 4.42 Å². The number of nitrogens with zero attached hydrogens (tertiary/aromatic N) is 2. The zero-order valence-electron chi connectivity index (χ0n) is 30.8. The van der Waals surface area contributed by atoms with Gasteiger partial charge in [0, 0.05) is 33.3 Å². The van der Waals surface area contributed by atoms with Crippen LogP contribution < -0.4 is 0 Å². The molecule has 12 rings (SSSR count). The zero-order valence-corrected chi connectivity index (χ0v) is 30.8. The topological polar surface area (TPSA) is 38.9 Å². The van der Waals surface area contributed by atoms with Gasteiger partial charge in [0.25, 0.3) is 0 Å². The minimum Gasteiger partial charge on any atom is -0.456 e. The van der Waals surface area contributed by atoms with Gasteiger partial charge in [-0.15, -0.1) is 0 Å². The van der Waals surface area contributed by atoms with E-state index in [0.29, 0.717) is 0 Å². The van der Waals surface area contributed by atoms with Crippen molar-refractivity contribution >= 4 is 76.1 Å². The Morgan fingerprint density at radius 2 is 0.895 bits per heavy atom. The van der Waals surface area contributed by atoms with Crippen molar-refractivity contribution in [3.8, 4) is 44.6 Å². The Kier molecular flexibility index (Phi) is 6.93. The van der Waals surface area contributed by atoms with E-state index in [0.717, 1.165) is 71.7 Å². The number of hydrogen-bond donors (Lipinski definition) is 0. The van der Waals surface area contributed by atoms with Crippen LogP contribution in [-0.4, -0.2) is 9.97 Å². The van der Waals surface area contributed by atoms with Gasteiger partial charge in [0.2, 0.25) is 0 Å². The molecule has 0 saturated heterocycles. The second-order valence-corrected chi connectivity index (χ2v) is 14.8. The third-order valence-corrected chi connectivity index (χ3v) is 11.7. The molecule has 0 bridgehead atoms. The summed E-state index contributed by atoms with van der Waals surface area (Å²) in [6.45, 7) is 0. The van der Waals surface area contributed by atoms with E-state index in [1.807, 2.05) is 24.4 Å². The number of benzene rings is 9. The highest BCUT2D eigenvalue weighted by Crippen LogP contribution is 2.45. The zero-order chi connectivity index (χ0) is 37.5. The van der Waals surface area contributed by atoms with Crippen LogP contribution in [0.2, 0.25) is 0 Å². The predicted octanol–water partition coefficient (Wildman–Crippen LogP) is 14.8. The molecule has 0 unspecified atom stereocenters. The number of hydrogen-bond acceptors (Lipinski definition) is 3. The molecule has 57 heavy (non-hydrogen) atoms. The quantitative estimate of drug-likeness (QED) is 0.170. The van der Waals surface area contributed by atoms with E-state index in [2.05, 4.69) is 170 Å². The van der Waals surface area contributed by atoms with Gasteiger partial charge >= 0.3 is 0 Å². The summed E-state index contributed by atoms with van der Waals surface area (Å²) in [7, 11) is 0. The van der Waals surface area contributed by atoms with Crippen LogP contribution in [0.25, 0.3) is 121 Å². The fourth-order valence-electron chi connectivity index (χ4n) is 9.10. The van der Waals surface area contributed by atoms with Crippen LogP contribution in [0, 0.1) is 0 Å². The third-order valence-electron chi connectivity index (χ3n) is 11.7. The second-order valence-electron chi connectivity index (χ2n) is 14.8. The summed E-state index contributed by atoms with van der Waals surface area (Å²) < 4.78 is 6.64. The van der Waals surface area contributed by atoms with Crippen molar-refractivity contribution < 1.29 is 4.42 Å². The van der Waals surface area contributed by atoms with Crippen molar-refractivity contribution in [1.29, 1.82) is 0 Å². The van der Waals surface area contributed by atoms with E-state index < -0.39 is 0 Å². The Balaban J connectivity index is 1.08. The second kappa shape index (κ2) is 12.5. The largest absolute Gasteiger partial charge is 0.456 e. The van der Waals surface area contributed by atoms with Gasteiger partial charge in [-0.2, -0.15) is 0 Å². The Bertz CT molecular complexity index is 3560. The van der Waals surface area contributed by atoms with E-state index in [1.165, 1.54) is 49.0 Å². The fraction of sp³-hybridized carbons (Fsp3) is 0. The standard InChI is InChI=1S/C54H32N2O/c1-3-15-39(37(13-1)35-25-27-45-43-19-6-5-17-41(43)42-18-7-8-20-44(42)47(45)30-35)40-16-4-2-14-38(40)36-31-48(52-46-21-9-10-22-50(46)57-51(52)32-36)49-28-26-34-24-23-33-12-11-29-55-53(33)54(34)56-49/h1-32H. The Hall–Kier alpha value is -7.62. The van der Waals surface area contributed by atoms with Gasteiger partial charge in [-0.25, -0.2) is 4.98 Å². The summed E-state index contributed by atoms with van der Waals surface area (Å²) in [6.07, 6.45) is 1.84. The van der Waals surface area contributed by atoms with Crippen molar-refractivity contribution in [2.45, 2.75) is 0 Å². The Morgan fingerprint density at radius 1 is 0.333 bits per heavy atom. The maximum Gasteiger partial charge on any atom is 0.136 e. The van der Waals surface area contributed by atoms with Gasteiger partial charge in [-0.3, -0.25) is 4.98 Å². The highest BCUT2D eigenvalue weighted by Gasteiger charge is 2.20. The first-order chi connectivity index (χ1) is 28.3. The third kappa shape index (κ3) is 4.92. The molecule has 0 atom stereocenters. The van der Waals surface area contributed by atoms with E-state index >= 15 is 0 Å². The van der Waals surface area contributed by atoms with Gasteiger partial charge in [-0.1, -0.05) is 152 Å². The minimum absolute atomic E-state index is 0.832. The smallest absolute Gasteiger partial charge is 0.136 e. The van der Waals surface area contributed by atoms with Crippen LogP contribution in [0.3, 0.4) is 0 Å². The average Bonchev–Trinajstić information content (AvgIpc) is 3.67. The molecule has 0 fully saturated rings. The number of pyridine rings is 2. The maximum atomic E-state index is 6.64.